The van der Waals surface area contributed by atoms with Crippen molar-refractivity contribution in [1.82, 2.24) is 9.80 Å². The maximum atomic E-state index is 12.6. The van der Waals surface area contributed by atoms with Crippen molar-refractivity contribution in [1.29, 1.82) is 0 Å². The van der Waals surface area contributed by atoms with Crippen molar-refractivity contribution in [2.24, 2.45) is 5.92 Å². The Labute approximate surface area is 109 Å². The van der Waals surface area contributed by atoms with E-state index in [4.69, 9.17) is 0 Å². The molecule has 0 aromatic heterocycles. The number of piperazine rings is 1. The molecule has 2 fully saturated rings. The van der Waals surface area contributed by atoms with Crippen LogP contribution in [0.1, 0.15) is 46.5 Å². The summed E-state index contributed by atoms with van der Waals surface area (Å²) in [4.78, 5) is 28.8. The zero-order chi connectivity index (χ0) is 13.3. The Hall–Kier alpha value is -1.06. The zero-order valence-electron chi connectivity index (χ0n) is 11.7. The van der Waals surface area contributed by atoms with Gasteiger partial charge in [-0.05, 0) is 31.6 Å². The fourth-order valence-electron chi connectivity index (χ4n) is 3.22. The second-order valence-electron chi connectivity index (χ2n) is 5.76. The summed E-state index contributed by atoms with van der Waals surface area (Å²) in [6, 6.07) is -0.417. The number of hydrogen-bond acceptors (Lipinski definition) is 2. The van der Waals surface area contributed by atoms with Crippen molar-refractivity contribution in [2.75, 3.05) is 13.1 Å². The molecule has 4 heteroatoms. The number of fused-ring (bicyclic) bond motifs is 1. The third kappa shape index (κ3) is 2.13. The Balaban J connectivity index is 2.28. The van der Waals surface area contributed by atoms with Crippen molar-refractivity contribution in [3.8, 4) is 0 Å². The predicted octanol–water partition coefficient (Wildman–Crippen LogP) is 1.64. The molecule has 0 aromatic carbocycles. The summed E-state index contributed by atoms with van der Waals surface area (Å²) < 4.78 is 0. The maximum absolute atomic E-state index is 12.6. The van der Waals surface area contributed by atoms with E-state index in [1.807, 2.05) is 23.6 Å². The molecule has 2 heterocycles. The molecule has 2 amide bonds. The van der Waals surface area contributed by atoms with Crippen molar-refractivity contribution in [3.63, 3.8) is 0 Å². The van der Waals surface area contributed by atoms with Gasteiger partial charge in [-0.25, -0.2) is 0 Å². The minimum atomic E-state index is -0.244. The molecule has 2 aliphatic rings. The van der Waals surface area contributed by atoms with E-state index in [-0.39, 0.29) is 29.8 Å². The van der Waals surface area contributed by atoms with Crippen LogP contribution in [0.3, 0.4) is 0 Å². The lowest BCUT2D eigenvalue weighted by atomic mass is 9.90. The lowest BCUT2D eigenvalue weighted by Crippen LogP contribution is -2.67. The SMILES string of the molecule is CCCN1C(=O)C2CCCCN2C(=O)C1C(C)C. The van der Waals surface area contributed by atoms with Crippen LogP contribution in [0.5, 0.6) is 0 Å². The summed E-state index contributed by atoms with van der Waals surface area (Å²) in [7, 11) is 0. The number of rotatable bonds is 3. The molecule has 0 saturated carbocycles. The van der Waals surface area contributed by atoms with Crippen molar-refractivity contribution < 1.29 is 9.59 Å². The van der Waals surface area contributed by atoms with Crippen molar-refractivity contribution in [2.45, 2.75) is 58.5 Å². The number of carbonyl (C=O) groups excluding carboxylic acids is 2. The molecule has 0 aliphatic carbocycles. The summed E-state index contributed by atoms with van der Waals surface area (Å²) in [5, 5.41) is 0. The molecule has 2 unspecified atom stereocenters. The first kappa shape index (κ1) is 13.4. The number of carbonyl (C=O) groups is 2. The van der Waals surface area contributed by atoms with E-state index in [1.54, 1.807) is 0 Å². The minimum Gasteiger partial charge on any atom is -0.329 e. The average molecular weight is 252 g/mol. The van der Waals surface area contributed by atoms with Gasteiger partial charge >= 0.3 is 0 Å². The van der Waals surface area contributed by atoms with Gasteiger partial charge in [0.15, 0.2) is 0 Å². The molecule has 2 rings (SSSR count). The van der Waals surface area contributed by atoms with E-state index in [0.29, 0.717) is 6.54 Å². The lowest BCUT2D eigenvalue weighted by molar-refractivity contribution is -0.165. The van der Waals surface area contributed by atoms with Crippen LogP contribution < -0.4 is 0 Å². The highest BCUT2D eigenvalue weighted by molar-refractivity contribution is 5.97. The van der Waals surface area contributed by atoms with E-state index >= 15 is 0 Å². The Morgan fingerprint density at radius 3 is 2.56 bits per heavy atom. The molecular formula is C14H24N2O2. The van der Waals surface area contributed by atoms with E-state index in [9.17, 15) is 9.59 Å². The first-order valence-corrected chi connectivity index (χ1v) is 7.19. The smallest absolute Gasteiger partial charge is 0.246 e. The predicted molar refractivity (Wildman–Crippen MR) is 70.0 cm³/mol. The molecule has 2 aliphatic heterocycles. The van der Waals surface area contributed by atoms with Crippen molar-refractivity contribution >= 4 is 11.8 Å². The molecule has 2 atom stereocenters. The first-order chi connectivity index (χ1) is 8.57. The monoisotopic (exact) mass is 252 g/mol. The fourth-order valence-corrected chi connectivity index (χ4v) is 3.22. The zero-order valence-corrected chi connectivity index (χ0v) is 11.7. The normalized spacial score (nSPS) is 28.9. The quantitative estimate of drug-likeness (QED) is 0.766. The molecular weight excluding hydrogens is 228 g/mol. The molecule has 102 valence electrons. The van der Waals surface area contributed by atoms with E-state index in [2.05, 4.69) is 6.92 Å². The van der Waals surface area contributed by atoms with Crippen LogP contribution in [0, 0.1) is 5.92 Å². The van der Waals surface area contributed by atoms with Gasteiger partial charge in [-0.3, -0.25) is 9.59 Å². The van der Waals surface area contributed by atoms with Gasteiger partial charge in [-0.15, -0.1) is 0 Å². The van der Waals surface area contributed by atoms with Gasteiger partial charge in [0.1, 0.15) is 12.1 Å². The van der Waals surface area contributed by atoms with Gasteiger partial charge in [-0.1, -0.05) is 20.8 Å². The number of nitrogens with zero attached hydrogens (tertiary/aromatic N) is 2. The highest BCUT2D eigenvalue weighted by Crippen LogP contribution is 2.29. The topological polar surface area (TPSA) is 40.6 Å². The van der Waals surface area contributed by atoms with Crippen LogP contribution in [0.4, 0.5) is 0 Å². The van der Waals surface area contributed by atoms with E-state index in [1.165, 1.54) is 0 Å². The third-order valence-electron chi connectivity index (χ3n) is 4.04. The summed E-state index contributed by atoms with van der Waals surface area (Å²) in [5.41, 5.74) is 0. The molecule has 4 nitrogen and oxygen atoms in total. The number of amides is 2. The summed E-state index contributed by atoms with van der Waals surface area (Å²) in [6.07, 6.45) is 3.85. The van der Waals surface area contributed by atoms with Gasteiger partial charge in [0.2, 0.25) is 11.8 Å². The average Bonchev–Trinajstić information content (AvgIpc) is 2.35. The molecule has 0 radical (unpaired) electrons. The molecule has 0 aromatic rings. The highest BCUT2D eigenvalue weighted by Gasteiger charge is 2.46. The van der Waals surface area contributed by atoms with Gasteiger partial charge in [0.25, 0.3) is 0 Å². The Bertz CT molecular complexity index is 341. The Kier molecular flexibility index (Phi) is 3.93. The van der Waals surface area contributed by atoms with Crippen LogP contribution in [0.15, 0.2) is 0 Å². The summed E-state index contributed by atoms with van der Waals surface area (Å²) in [5.74, 6) is 0.536. The van der Waals surface area contributed by atoms with Gasteiger partial charge < -0.3 is 9.80 Å². The standard InChI is InChI=1S/C14H24N2O2/c1-4-8-16-12(10(2)3)14(18)15-9-6-5-7-11(15)13(16)17/h10-12H,4-9H2,1-3H3. The molecule has 18 heavy (non-hydrogen) atoms. The van der Waals surface area contributed by atoms with Crippen LogP contribution >= 0.6 is 0 Å². The molecule has 0 spiro atoms. The molecule has 2 saturated heterocycles. The van der Waals surface area contributed by atoms with Crippen molar-refractivity contribution in [3.05, 3.63) is 0 Å². The molecule has 0 bridgehead atoms. The largest absolute Gasteiger partial charge is 0.329 e. The second-order valence-corrected chi connectivity index (χ2v) is 5.76. The first-order valence-electron chi connectivity index (χ1n) is 7.19. The third-order valence-corrected chi connectivity index (χ3v) is 4.04. The lowest BCUT2D eigenvalue weighted by Gasteiger charge is -2.48. The Morgan fingerprint density at radius 2 is 1.94 bits per heavy atom. The van der Waals surface area contributed by atoms with E-state index < -0.39 is 0 Å². The maximum Gasteiger partial charge on any atom is 0.246 e. The second kappa shape index (κ2) is 5.29. The van der Waals surface area contributed by atoms with Crippen LogP contribution in [-0.2, 0) is 9.59 Å². The van der Waals surface area contributed by atoms with Crippen LogP contribution in [-0.4, -0.2) is 46.8 Å². The van der Waals surface area contributed by atoms with Gasteiger partial charge in [0.05, 0.1) is 0 Å². The van der Waals surface area contributed by atoms with Gasteiger partial charge in [0, 0.05) is 13.1 Å². The van der Waals surface area contributed by atoms with Crippen LogP contribution in [0.2, 0.25) is 0 Å². The van der Waals surface area contributed by atoms with Crippen LogP contribution in [0.25, 0.3) is 0 Å². The summed E-state index contributed by atoms with van der Waals surface area (Å²) in [6.45, 7) is 7.59. The number of hydrogen-bond donors (Lipinski definition) is 0. The Morgan fingerprint density at radius 1 is 1.22 bits per heavy atom. The molecule has 0 N–H and O–H groups in total. The summed E-state index contributed by atoms with van der Waals surface area (Å²) >= 11 is 0. The highest BCUT2D eigenvalue weighted by atomic mass is 16.2. The van der Waals surface area contributed by atoms with Gasteiger partial charge in [-0.2, -0.15) is 0 Å². The number of piperidine rings is 1. The minimum absolute atomic E-state index is 0.169. The fraction of sp³-hybridized carbons (Fsp3) is 0.857. The van der Waals surface area contributed by atoms with E-state index in [0.717, 1.165) is 32.2 Å².